The number of amides is 2. The highest BCUT2D eigenvalue weighted by Crippen LogP contribution is 2.22. The Morgan fingerprint density at radius 1 is 0.972 bits per heavy atom. The predicted octanol–water partition coefficient (Wildman–Crippen LogP) is 4.23. The molecule has 2 aromatic rings. The van der Waals surface area contributed by atoms with Crippen molar-refractivity contribution in [3.05, 3.63) is 65.2 Å². The van der Waals surface area contributed by atoms with E-state index >= 15 is 0 Å². The fourth-order valence-electron chi connectivity index (χ4n) is 4.36. The lowest BCUT2D eigenvalue weighted by Crippen LogP contribution is -2.50. The average Bonchev–Trinajstić information content (AvgIpc) is 2.81. The Kier molecular flexibility index (Phi) is 11.4. The molecule has 8 heteroatoms. The van der Waals surface area contributed by atoms with Crippen LogP contribution in [0.1, 0.15) is 56.2 Å². The Bertz CT molecular complexity index is 1080. The van der Waals surface area contributed by atoms with E-state index in [1.165, 1.54) is 10.6 Å². The number of hydrogen-bond acceptors (Lipinski definition) is 4. The number of anilines is 1. The minimum Gasteiger partial charge on any atom is -0.354 e. The molecule has 0 radical (unpaired) electrons. The molecule has 7 nitrogen and oxygen atoms in total. The van der Waals surface area contributed by atoms with E-state index in [1.807, 2.05) is 76.2 Å². The van der Waals surface area contributed by atoms with Crippen molar-refractivity contribution in [3.63, 3.8) is 0 Å². The lowest BCUT2D eigenvalue weighted by Gasteiger charge is -2.31. The lowest BCUT2D eigenvalue weighted by atomic mass is 10.1. The number of carbonyl (C=O) groups excluding carboxylic acids is 2. The Balaban J connectivity index is 2.16. The van der Waals surface area contributed by atoms with Gasteiger partial charge in [-0.3, -0.25) is 13.9 Å². The van der Waals surface area contributed by atoms with Gasteiger partial charge in [0.05, 0.1) is 11.9 Å². The van der Waals surface area contributed by atoms with Crippen LogP contribution < -0.4 is 9.62 Å². The Morgan fingerprint density at radius 3 is 2.17 bits per heavy atom. The van der Waals surface area contributed by atoms with Crippen LogP contribution in [0.2, 0.25) is 0 Å². The number of sulfonamides is 1. The second-order valence-electron chi connectivity index (χ2n) is 9.32. The summed E-state index contributed by atoms with van der Waals surface area (Å²) in [5.74, 6) is -0.285. The fraction of sp³-hybridized carbons (Fsp3) is 0.500. The Hall–Kier alpha value is -2.87. The van der Waals surface area contributed by atoms with Crippen molar-refractivity contribution < 1.29 is 18.0 Å². The van der Waals surface area contributed by atoms with Crippen LogP contribution in [-0.4, -0.2) is 57.1 Å². The number of nitrogens with one attached hydrogen (secondary N) is 1. The summed E-state index contributed by atoms with van der Waals surface area (Å²) < 4.78 is 26.5. The van der Waals surface area contributed by atoms with Crippen LogP contribution in [0.5, 0.6) is 0 Å². The van der Waals surface area contributed by atoms with Gasteiger partial charge in [0.2, 0.25) is 21.8 Å². The first-order valence-electron chi connectivity index (χ1n) is 12.7. The molecule has 1 atom stereocenters. The summed E-state index contributed by atoms with van der Waals surface area (Å²) in [6.45, 7) is 8.94. The quantitative estimate of drug-likeness (QED) is 0.408. The van der Waals surface area contributed by atoms with Gasteiger partial charge in [0.1, 0.15) is 6.04 Å². The van der Waals surface area contributed by atoms with Gasteiger partial charge in [-0.2, -0.15) is 0 Å². The van der Waals surface area contributed by atoms with Crippen molar-refractivity contribution in [1.82, 2.24) is 10.2 Å². The second kappa shape index (κ2) is 14.0. The van der Waals surface area contributed by atoms with Crippen molar-refractivity contribution in [1.29, 1.82) is 0 Å². The monoisotopic (exact) mass is 515 g/mol. The zero-order chi connectivity index (χ0) is 26.7. The van der Waals surface area contributed by atoms with Crippen LogP contribution in [0.4, 0.5) is 5.69 Å². The van der Waals surface area contributed by atoms with E-state index in [1.54, 1.807) is 4.90 Å². The molecule has 0 aliphatic carbocycles. The molecule has 2 amide bonds. The smallest absolute Gasteiger partial charge is 0.242 e. The average molecular weight is 516 g/mol. The summed E-state index contributed by atoms with van der Waals surface area (Å²) in [6, 6.07) is 15.0. The topological polar surface area (TPSA) is 86.8 Å². The van der Waals surface area contributed by atoms with Gasteiger partial charge in [-0.15, -0.1) is 0 Å². The van der Waals surface area contributed by atoms with E-state index in [2.05, 4.69) is 5.32 Å². The molecule has 0 aliphatic heterocycles. The minimum atomic E-state index is -3.52. The third kappa shape index (κ3) is 8.97. The standard InChI is InChI=1S/C28H41N3O4S/c1-6-16-29-28(33)26(7-2)30(18-15-24-12-9-8-10-13-24)27(32)14-11-17-31(36(5,34)35)25-20-22(3)19-23(4)21-25/h8-10,12-13,19-21,26H,6-7,11,14-18H2,1-5H3,(H,29,33)/t26-/m1/s1. The molecule has 1 N–H and O–H groups in total. The van der Waals surface area contributed by atoms with Gasteiger partial charge in [0.25, 0.3) is 0 Å². The van der Waals surface area contributed by atoms with Crippen molar-refractivity contribution >= 4 is 27.5 Å². The van der Waals surface area contributed by atoms with Crippen molar-refractivity contribution in [2.24, 2.45) is 0 Å². The van der Waals surface area contributed by atoms with Gasteiger partial charge in [0.15, 0.2) is 0 Å². The summed E-state index contributed by atoms with van der Waals surface area (Å²) >= 11 is 0. The van der Waals surface area contributed by atoms with Crippen LogP contribution in [-0.2, 0) is 26.0 Å². The largest absolute Gasteiger partial charge is 0.354 e. The van der Waals surface area contributed by atoms with Crippen LogP contribution >= 0.6 is 0 Å². The molecule has 0 bridgehead atoms. The molecule has 0 aromatic heterocycles. The number of aryl methyl sites for hydroxylation is 2. The molecule has 36 heavy (non-hydrogen) atoms. The molecule has 0 unspecified atom stereocenters. The number of rotatable bonds is 14. The van der Waals surface area contributed by atoms with Gasteiger partial charge in [-0.05, 0) is 68.4 Å². The van der Waals surface area contributed by atoms with Crippen LogP contribution in [0.25, 0.3) is 0 Å². The van der Waals surface area contributed by atoms with E-state index in [-0.39, 0.29) is 24.8 Å². The van der Waals surface area contributed by atoms with E-state index in [0.29, 0.717) is 38.0 Å². The zero-order valence-corrected chi connectivity index (χ0v) is 23.1. The summed E-state index contributed by atoms with van der Waals surface area (Å²) in [5.41, 5.74) is 3.65. The number of carbonyl (C=O) groups is 2. The molecular formula is C28H41N3O4S. The molecule has 0 spiro atoms. The van der Waals surface area contributed by atoms with Gasteiger partial charge < -0.3 is 10.2 Å². The SMILES string of the molecule is CCCNC(=O)[C@@H](CC)N(CCc1ccccc1)C(=O)CCCN(c1cc(C)cc(C)c1)S(C)(=O)=O. The van der Waals surface area contributed by atoms with Crippen molar-refractivity contribution in [3.8, 4) is 0 Å². The minimum absolute atomic E-state index is 0.140. The molecular weight excluding hydrogens is 474 g/mol. The van der Waals surface area contributed by atoms with E-state index in [4.69, 9.17) is 0 Å². The third-order valence-electron chi connectivity index (χ3n) is 6.07. The lowest BCUT2D eigenvalue weighted by molar-refractivity contribution is -0.140. The molecule has 2 aromatic carbocycles. The normalized spacial score (nSPS) is 12.1. The second-order valence-corrected chi connectivity index (χ2v) is 11.2. The molecule has 0 aliphatic rings. The van der Waals surface area contributed by atoms with Gasteiger partial charge in [-0.25, -0.2) is 8.42 Å². The number of nitrogens with zero attached hydrogens (tertiary/aromatic N) is 2. The third-order valence-corrected chi connectivity index (χ3v) is 7.26. The molecule has 0 heterocycles. The highest BCUT2D eigenvalue weighted by atomic mass is 32.2. The predicted molar refractivity (Wildman–Crippen MR) is 147 cm³/mol. The molecule has 0 fully saturated rings. The maximum atomic E-state index is 13.4. The van der Waals surface area contributed by atoms with E-state index < -0.39 is 16.1 Å². The van der Waals surface area contributed by atoms with E-state index in [0.717, 1.165) is 23.1 Å². The summed E-state index contributed by atoms with van der Waals surface area (Å²) in [5, 5.41) is 2.92. The van der Waals surface area contributed by atoms with Crippen molar-refractivity contribution in [2.75, 3.05) is 30.2 Å². The summed E-state index contributed by atoms with van der Waals surface area (Å²) in [4.78, 5) is 27.9. The first-order valence-corrected chi connectivity index (χ1v) is 14.6. The zero-order valence-electron chi connectivity index (χ0n) is 22.3. The Labute approximate surface area is 216 Å². The van der Waals surface area contributed by atoms with Gasteiger partial charge in [0, 0.05) is 26.1 Å². The van der Waals surface area contributed by atoms with Crippen LogP contribution in [0, 0.1) is 13.8 Å². The molecule has 0 saturated carbocycles. The first kappa shape index (κ1) is 29.4. The van der Waals surface area contributed by atoms with Gasteiger partial charge >= 0.3 is 0 Å². The number of benzene rings is 2. The highest BCUT2D eigenvalue weighted by Gasteiger charge is 2.28. The fourth-order valence-corrected chi connectivity index (χ4v) is 5.31. The van der Waals surface area contributed by atoms with Crippen molar-refractivity contribution in [2.45, 2.75) is 65.8 Å². The highest BCUT2D eigenvalue weighted by molar-refractivity contribution is 7.92. The van der Waals surface area contributed by atoms with Gasteiger partial charge in [-0.1, -0.05) is 50.2 Å². The molecule has 198 valence electrons. The maximum Gasteiger partial charge on any atom is 0.242 e. The van der Waals surface area contributed by atoms with E-state index in [9.17, 15) is 18.0 Å². The summed E-state index contributed by atoms with van der Waals surface area (Å²) in [7, 11) is -3.52. The van der Waals surface area contributed by atoms with Crippen LogP contribution in [0.3, 0.4) is 0 Å². The molecule has 2 rings (SSSR count). The maximum absolute atomic E-state index is 13.4. The number of hydrogen-bond donors (Lipinski definition) is 1. The first-order chi connectivity index (χ1) is 17.1. The Morgan fingerprint density at radius 2 is 1.61 bits per heavy atom. The molecule has 0 saturated heterocycles. The summed E-state index contributed by atoms with van der Waals surface area (Å²) in [6.07, 6.45) is 3.66. The van der Waals surface area contributed by atoms with Crippen LogP contribution in [0.15, 0.2) is 48.5 Å².